The Labute approximate surface area is 143 Å². The lowest BCUT2D eigenvalue weighted by Gasteiger charge is -2.33. The molecule has 2 aromatic rings. The quantitative estimate of drug-likeness (QED) is 0.660. The number of rotatable bonds is 3. The van der Waals surface area contributed by atoms with Gasteiger partial charge >= 0.3 is 5.97 Å². The number of carbonyl (C=O) groups excluding carboxylic acids is 3. The highest BCUT2D eigenvalue weighted by atomic mass is 16.5. The van der Waals surface area contributed by atoms with Gasteiger partial charge in [0, 0.05) is 5.69 Å². The number of fused-ring (bicyclic) bond motifs is 1. The topological polar surface area (TPSA) is 93.7 Å². The number of carbonyl (C=O) groups is 3. The van der Waals surface area contributed by atoms with Crippen LogP contribution in [0.15, 0.2) is 48.5 Å². The number of amides is 2. The van der Waals surface area contributed by atoms with Gasteiger partial charge in [-0.15, -0.1) is 0 Å². The van der Waals surface area contributed by atoms with Gasteiger partial charge in [0.2, 0.25) is 0 Å². The highest BCUT2D eigenvalue weighted by Crippen LogP contribution is 2.33. The van der Waals surface area contributed by atoms with Gasteiger partial charge in [0.15, 0.2) is 0 Å². The van der Waals surface area contributed by atoms with Gasteiger partial charge in [-0.25, -0.2) is 4.79 Å². The molecule has 0 aromatic heterocycles. The molecule has 2 N–H and O–H groups in total. The Hall–Kier alpha value is -3.35. The Kier molecular flexibility index (Phi) is 4.14. The average Bonchev–Trinajstić information content (AvgIpc) is 2.62. The lowest BCUT2D eigenvalue weighted by Crippen LogP contribution is -2.56. The molecule has 2 amide bonds. The van der Waals surface area contributed by atoms with Crippen LogP contribution in [0.3, 0.4) is 0 Å². The van der Waals surface area contributed by atoms with E-state index in [2.05, 4.69) is 15.4 Å². The number of methoxy groups -OCH3 is 1. The number of ether oxygens (including phenoxy) is 2. The molecule has 0 spiro atoms. The lowest BCUT2D eigenvalue weighted by molar-refractivity contribution is -0.143. The number of hydrogen-bond donors (Lipinski definition) is 2. The van der Waals surface area contributed by atoms with E-state index in [-0.39, 0.29) is 0 Å². The molecule has 0 saturated carbocycles. The number of anilines is 2. The maximum absolute atomic E-state index is 12.6. The third kappa shape index (κ3) is 3.03. The zero-order valence-electron chi connectivity index (χ0n) is 13.7. The second-order valence-corrected chi connectivity index (χ2v) is 5.61. The van der Waals surface area contributed by atoms with Crippen molar-refractivity contribution >= 4 is 29.2 Å². The standard InChI is InChI=1S/C18H16N2O5/c1-18(17(23)20-13-5-3-4-6-14(13)25-18)16(22)19-12-9-7-11(8-10-12)15(21)24-2/h3-10H,1-2H3,(H,19,22)(H,20,23). The molecule has 128 valence electrons. The molecule has 7 heteroatoms. The van der Waals surface area contributed by atoms with Gasteiger partial charge in [0.1, 0.15) is 5.75 Å². The van der Waals surface area contributed by atoms with Crippen molar-refractivity contribution in [3.05, 3.63) is 54.1 Å². The number of nitrogens with one attached hydrogen (secondary N) is 2. The zero-order valence-corrected chi connectivity index (χ0v) is 13.7. The first kappa shape index (κ1) is 16.5. The van der Waals surface area contributed by atoms with E-state index in [0.717, 1.165) is 0 Å². The molecule has 1 aliphatic rings. The van der Waals surface area contributed by atoms with Crippen LogP contribution in [0.1, 0.15) is 17.3 Å². The molecule has 1 atom stereocenters. The summed E-state index contributed by atoms with van der Waals surface area (Å²) < 4.78 is 10.3. The third-order valence-corrected chi connectivity index (χ3v) is 3.88. The van der Waals surface area contributed by atoms with Crippen molar-refractivity contribution in [3.63, 3.8) is 0 Å². The molecule has 0 aliphatic carbocycles. The predicted octanol–water partition coefficient (Wildman–Crippen LogP) is 2.20. The molecular formula is C18H16N2O5. The van der Waals surface area contributed by atoms with Gasteiger partial charge < -0.3 is 20.1 Å². The van der Waals surface area contributed by atoms with Crippen LogP contribution in [0.2, 0.25) is 0 Å². The summed E-state index contributed by atoms with van der Waals surface area (Å²) in [5.74, 6) is -1.24. The summed E-state index contributed by atoms with van der Waals surface area (Å²) in [6, 6.07) is 13.0. The van der Waals surface area contributed by atoms with E-state index in [9.17, 15) is 14.4 Å². The molecule has 1 aliphatic heterocycles. The second kappa shape index (κ2) is 6.27. The second-order valence-electron chi connectivity index (χ2n) is 5.61. The molecule has 3 rings (SSSR count). The fourth-order valence-electron chi connectivity index (χ4n) is 2.37. The highest BCUT2D eigenvalue weighted by molar-refractivity contribution is 6.19. The molecular weight excluding hydrogens is 324 g/mol. The smallest absolute Gasteiger partial charge is 0.337 e. The zero-order chi connectivity index (χ0) is 18.0. The number of hydrogen-bond acceptors (Lipinski definition) is 5. The minimum Gasteiger partial charge on any atom is -0.466 e. The van der Waals surface area contributed by atoms with Crippen LogP contribution < -0.4 is 15.4 Å². The fourth-order valence-corrected chi connectivity index (χ4v) is 2.37. The summed E-state index contributed by atoms with van der Waals surface area (Å²) in [6.45, 7) is 1.40. The molecule has 2 aromatic carbocycles. The van der Waals surface area contributed by atoms with Crippen LogP contribution in [0.25, 0.3) is 0 Å². The summed E-state index contributed by atoms with van der Waals surface area (Å²) in [5.41, 5.74) is -0.420. The van der Waals surface area contributed by atoms with Crippen molar-refractivity contribution in [3.8, 4) is 5.75 Å². The summed E-state index contributed by atoms with van der Waals surface area (Å²) >= 11 is 0. The Balaban J connectivity index is 1.78. The molecule has 1 heterocycles. The Bertz CT molecular complexity index is 847. The molecule has 7 nitrogen and oxygen atoms in total. The normalized spacial score (nSPS) is 18.4. The van der Waals surface area contributed by atoms with E-state index >= 15 is 0 Å². The van der Waals surface area contributed by atoms with Crippen LogP contribution in [-0.4, -0.2) is 30.5 Å². The van der Waals surface area contributed by atoms with Crippen molar-refractivity contribution < 1.29 is 23.9 Å². The van der Waals surface area contributed by atoms with Gasteiger partial charge in [-0.3, -0.25) is 9.59 Å². The fraction of sp³-hybridized carbons (Fsp3) is 0.167. The van der Waals surface area contributed by atoms with Crippen LogP contribution >= 0.6 is 0 Å². The van der Waals surface area contributed by atoms with Crippen molar-refractivity contribution in [2.75, 3.05) is 17.7 Å². The van der Waals surface area contributed by atoms with Gasteiger partial charge in [-0.05, 0) is 43.3 Å². The number of para-hydroxylation sites is 2. The maximum atomic E-state index is 12.6. The van der Waals surface area contributed by atoms with Gasteiger partial charge in [0.25, 0.3) is 17.4 Å². The molecule has 0 radical (unpaired) electrons. The van der Waals surface area contributed by atoms with E-state index in [4.69, 9.17) is 4.74 Å². The first-order valence-corrected chi connectivity index (χ1v) is 7.53. The Morgan fingerprint density at radius 1 is 1.12 bits per heavy atom. The molecule has 0 bridgehead atoms. The molecule has 0 fully saturated rings. The SMILES string of the molecule is COC(=O)c1ccc(NC(=O)C2(C)Oc3ccccc3NC2=O)cc1. The Morgan fingerprint density at radius 2 is 1.80 bits per heavy atom. The first-order chi connectivity index (χ1) is 11.9. The minimum absolute atomic E-state index is 0.354. The largest absolute Gasteiger partial charge is 0.466 e. The summed E-state index contributed by atoms with van der Waals surface area (Å²) in [7, 11) is 1.29. The van der Waals surface area contributed by atoms with Crippen molar-refractivity contribution in [1.82, 2.24) is 0 Å². The van der Waals surface area contributed by atoms with Crippen LogP contribution in [0.4, 0.5) is 11.4 Å². The van der Waals surface area contributed by atoms with Gasteiger partial charge in [-0.1, -0.05) is 12.1 Å². The predicted molar refractivity (Wildman–Crippen MR) is 90.5 cm³/mol. The van der Waals surface area contributed by atoms with Gasteiger partial charge in [0.05, 0.1) is 18.4 Å². The van der Waals surface area contributed by atoms with Gasteiger partial charge in [-0.2, -0.15) is 0 Å². The van der Waals surface area contributed by atoms with Crippen LogP contribution in [0.5, 0.6) is 5.75 Å². The Morgan fingerprint density at radius 3 is 2.48 bits per heavy atom. The number of benzene rings is 2. The highest BCUT2D eigenvalue weighted by Gasteiger charge is 2.47. The first-order valence-electron chi connectivity index (χ1n) is 7.53. The summed E-state index contributed by atoms with van der Waals surface area (Å²) in [4.78, 5) is 36.4. The minimum atomic E-state index is -1.71. The maximum Gasteiger partial charge on any atom is 0.337 e. The number of esters is 1. The van der Waals surface area contributed by atoms with Crippen molar-refractivity contribution in [1.29, 1.82) is 0 Å². The van der Waals surface area contributed by atoms with E-state index < -0.39 is 23.4 Å². The molecule has 25 heavy (non-hydrogen) atoms. The molecule has 0 saturated heterocycles. The molecule has 1 unspecified atom stereocenters. The average molecular weight is 340 g/mol. The van der Waals surface area contributed by atoms with E-state index in [1.807, 2.05) is 0 Å². The monoisotopic (exact) mass is 340 g/mol. The van der Waals surface area contributed by atoms with Crippen LogP contribution in [-0.2, 0) is 14.3 Å². The van der Waals surface area contributed by atoms with Crippen molar-refractivity contribution in [2.24, 2.45) is 0 Å². The summed E-state index contributed by atoms with van der Waals surface area (Å²) in [5, 5.41) is 5.28. The van der Waals surface area contributed by atoms with E-state index in [0.29, 0.717) is 22.7 Å². The van der Waals surface area contributed by atoms with Crippen molar-refractivity contribution in [2.45, 2.75) is 12.5 Å². The third-order valence-electron chi connectivity index (χ3n) is 3.88. The summed E-state index contributed by atoms with van der Waals surface area (Å²) in [6.07, 6.45) is 0. The van der Waals surface area contributed by atoms with E-state index in [1.165, 1.54) is 26.2 Å². The van der Waals surface area contributed by atoms with E-state index in [1.54, 1.807) is 36.4 Å². The lowest BCUT2D eigenvalue weighted by atomic mass is 10.0. The van der Waals surface area contributed by atoms with Crippen LogP contribution in [0, 0.1) is 0 Å².